The predicted octanol–water partition coefficient (Wildman–Crippen LogP) is 10.1. The molecule has 1 rings (SSSR count). The van der Waals surface area contributed by atoms with Gasteiger partial charge in [-0.2, -0.15) is 0 Å². The second-order valence-electron chi connectivity index (χ2n) is 12.1. The minimum atomic E-state index is -3.22. The molecule has 0 atom stereocenters. The molecular weight excluding hydrogens is 537 g/mol. The van der Waals surface area contributed by atoms with Crippen LogP contribution in [-0.2, 0) is 18.4 Å². The average molecular weight is 596 g/mol. The van der Waals surface area contributed by atoms with E-state index >= 15 is 0 Å². The molecule has 0 aliphatic heterocycles. The van der Waals surface area contributed by atoms with Crippen LogP contribution in [0.1, 0.15) is 118 Å². The summed E-state index contributed by atoms with van der Waals surface area (Å²) in [5.74, 6) is 0.853. The summed E-state index contributed by atoms with van der Waals surface area (Å²) in [6.07, 6.45) is 14.0. The smallest absolute Gasteiger partial charge is 0.331 e. The van der Waals surface area contributed by atoms with E-state index in [1.807, 2.05) is 44.2 Å². The van der Waals surface area contributed by atoms with Crippen molar-refractivity contribution in [1.82, 2.24) is 5.32 Å². The summed E-state index contributed by atoms with van der Waals surface area (Å²) >= 11 is 0. The zero-order chi connectivity index (χ0) is 30.1. The van der Waals surface area contributed by atoms with Gasteiger partial charge in [-0.1, -0.05) is 91.2 Å². The van der Waals surface area contributed by atoms with Crippen molar-refractivity contribution in [2.75, 3.05) is 19.4 Å². The van der Waals surface area contributed by atoms with E-state index in [0.29, 0.717) is 26.1 Å². The number of allylic oxidation sites excluding steroid dienone is 1. The summed E-state index contributed by atoms with van der Waals surface area (Å²) in [6, 6.07) is 7.97. The Balaban J connectivity index is 2.84. The molecule has 8 heteroatoms. The zero-order valence-electron chi connectivity index (χ0n) is 26.8. The van der Waals surface area contributed by atoms with Gasteiger partial charge in [-0.25, -0.2) is 0 Å². The van der Waals surface area contributed by atoms with Crippen molar-refractivity contribution >= 4 is 27.9 Å². The van der Waals surface area contributed by atoms with Crippen LogP contribution >= 0.6 is 7.60 Å². The molecule has 0 aromatic heterocycles. The molecule has 0 fully saturated rings. The summed E-state index contributed by atoms with van der Waals surface area (Å²) in [5, 5.41) is 3.20. The monoisotopic (exact) mass is 595 g/mol. The van der Waals surface area contributed by atoms with Gasteiger partial charge in [0, 0.05) is 12.1 Å². The first-order valence-corrected chi connectivity index (χ1v) is 20.2. The quantitative estimate of drug-likeness (QED) is 0.0869. The van der Waals surface area contributed by atoms with Crippen LogP contribution in [-0.4, -0.2) is 33.6 Å². The number of hydrogen-bond donors (Lipinski definition) is 1. The third-order valence-electron chi connectivity index (χ3n) is 7.51. The van der Waals surface area contributed by atoms with Gasteiger partial charge in [0.15, 0.2) is 0 Å². The highest BCUT2D eigenvalue weighted by atomic mass is 31.2. The maximum Gasteiger partial charge on any atom is 0.331 e. The fraction of sp³-hybridized carbons (Fsp3) is 0.719. The normalized spacial score (nSPS) is 12.9. The Hall–Kier alpha value is -1.40. The second-order valence-corrected chi connectivity index (χ2v) is 19.1. The lowest BCUT2D eigenvalue weighted by molar-refractivity contribution is -0.120. The van der Waals surface area contributed by atoms with Crippen LogP contribution in [0.5, 0.6) is 5.75 Å². The van der Waals surface area contributed by atoms with E-state index in [9.17, 15) is 9.36 Å². The lowest BCUT2D eigenvalue weighted by Crippen LogP contribution is -2.43. The largest absolute Gasteiger partial charge is 0.544 e. The molecule has 1 N–H and O–H groups in total. The predicted molar refractivity (Wildman–Crippen MR) is 173 cm³/mol. The minimum Gasteiger partial charge on any atom is -0.544 e. The van der Waals surface area contributed by atoms with Crippen molar-refractivity contribution in [3.63, 3.8) is 0 Å². The highest BCUT2D eigenvalue weighted by Crippen LogP contribution is 2.49. The van der Waals surface area contributed by atoms with Crippen LogP contribution in [0.4, 0.5) is 0 Å². The van der Waals surface area contributed by atoms with Crippen molar-refractivity contribution in [2.24, 2.45) is 0 Å². The van der Waals surface area contributed by atoms with Gasteiger partial charge in [0.1, 0.15) is 5.75 Å². The molecule has 0 aliphatic rings. The molecule has 0 radical (unpaired) electrons. The molecule has 0 saturated carbocycles. The zero-order valence-corrected chi connectivity index (χ0v) is 28.7. The van der Waals surface area contributed by atoms with Crippen molar-refractivity contribution in [1.29, 1.82) is 0 Å². The van der Waals surface area contributed by atoms with E-state index in [-0.39, 0.29) is 17.1 Å². The highest BCUT2D eigenvalue weighted by Gasteiger charge is 2.38. The Morgan fingerprint density at radius 3 is 1.88 bits per heavy atom. The Morgan fingerprint density at radius 1 is 0.850 bits per heavy atom. The fourth-order valence-corrected chi connectivity index (χ4v) is 6.77. The van der Waals surface area contributed by atoms with Gasteiger partial charge in [0.25, 0.3) is 0 Å². The van der Waals surface area contributed by atoms with Crippen molar-refractivity contribution in [3.8, 4) is 5.75 Å². The van der Waals surface area contributed by atoms with E-state index < -0.39 is 15.9 Å². The van der Waals surface area contributed by atoms with E-state index in [1.54, 1.807) is 0 Å². The standard InChI is InChI=1S/C32H58NO5PSi/c1-9-12-13-14-15-16-17-18-19-20-31(34)33-29(25-26-39(35,36-10-2)37-11-3)27-28-21-23-30(24-22-28)38-40(7,8)32(4,5)6/h21-24,27H,9-20,25-26H2,1-8H3,(H,33,34)/b29-27+. The van der Waals surface area contributed by atoms with E-state index in [0.717, 1.165) is 29.9 Å². The van der Waals surface area contributed by atoms with Crippen LogP contribution in [0.25, 0.3) is 6.08 Å². The minimum absolute atomic E-state index is 0.00488. The number of hydrogen-bond acceptors (Lipinski definition) is 5. The summed E-state index contributed by atoms with van der Waals surface area (Å²) in [4.78, 5) is 12.8. The SMILES string of the molecule is CCCCCCCCCCCC(=O)N/C(=C/c1ccc(O[Si](C)(C)C(C)(C)C)cc1)CCP(=O)(OCC)OCC. The number of rotatable bonds is 21. The van der Waals surface area contributed by atoms with E-state index in [1.165, 1.54) is 44.9 Å². The van der Waals surface area contributed by atoms with Gasteiger partial charge in [0.2, 0.25) is 14.2 Å². The summed E-state index contributed by atoms with van der Waals surface area (Å²) < 4.78 is 30.4. The third kappa shape index (κ3) is 15.0. The molecule has 0 aliphatic carbocycles. The van der Waals surface area contributed by atoms with Crippen LogP contribution < -0.4 is 9.74 Å². The summed E-state index contributed by atoms with van der Waals surface area (Å²) in [5.41, 5.74) is 1.67. The van der Waals surface area contributed by atoms with Gasteiger partial charge in [-0.3, -0.25) is 9.36 Å². The Kier molecular flexibility index (Phi) is 17.3. The lowest BCUT2D eigenvalue weighted by atomic mass is 10.1. The molecule has 0 heterocycles. The third-order valence-corrected chi connectivity index (χ3v) is 13.9. The average Bonchev–Trinajstić information content (AvgIpc) is 2.87. The molecule has 40 heavy (non-hydrogen) atoms. The van der Waals surface area contributed by atoms with E-state index in [4.69, 9.17) is 13.5 Å². The molecular formula is C32H58NO5PSi. The number of unbranched alkanes of at least 4 members (excludes halogenated alkanes) is 8. The summed E-state index contributed by atoms with van der Waals surface area (Å²) in [7, 11) is -5.15. The molecule has 1 amide bonds. The maximum absolute atomic E-state index is 13.1. The fourth-order valence-electron chi connectivity index (χ4n) is 4.11. The van der Waals surface area contributed by atoms with Gasteiger partial charge in [0.05, 0.1) is 19.4 Å². The number of carbonyl (C=O) groups is 1. The molecule has 0 spiro atoms. The molecule has 1 aromatic carbocycles. The van der Waals surface area contributed by atoms with Crippen LogP contribution in [0.3, 0.4) is 0 Å². The molecule has 230 valence electrons. The number of benzene rings is 1. The van der Waals surface area contributed by atoms with E-state index in [2.05, 4.69) is 46.1 Å². The van der Waals surface area contributed by atoms with Gasteiger partial charge in [-0.15, -0.1) is 0 Å². The van der Waals surface area contributed by atoms with Gasteiger partial charge in [-0.05, 0) is 68.6 Å². The topological polar surface area (TPSA) is 73.9 Å². The Morgan fingerprint density at radius 2 is 1.38 bits per heavy atom. The van der Waals surface area contributed by atoms with Crippen molar-refractivity contribution in [3.05, 3.63) is 35.5 Å². The lowest BCUT2D eigenvalue weighted by Gasteiger charge is -2.36. The molecule has 0 bridgehead atoms. The molecule has 0 unspecified atom stereocenters. The number of amides is 1. The molecule has 1 aromatic rings. The first kappa shape index (κ1) is 36.6. The first-order valence-electron chi connectivity index (χ1n) is 15.5. The molecule has 0 saturated heterocycles. The van der Waals surface area contributed by atoms with Crippen LogP contribution in [0, 0.1) is 0 Å². The first-order chi connectivity index (χ1) is 18.9. The number of nitrogens with one attached hydrogen (secondary N) is 1. The molecule has 6 nitrogen and oxygen atoms in total. The Bertz CT molecular complexity index is 914. The maximum atomic E-state index is 13.1. The second kappa shape index (κ2) is 18.9. The summed E-state index contributed by atoms with van der Waals surface area (Å²) in [6.45, 7) is 17.6. The Labute approximate surface area is 246 Å². The van der Waals surface area contributed by atoms with Gasteiger partial charge < -0.3 is 18.8 Å². The van der Waals surface area contributed by atoms with Crippen LogP contribution in [0.15, 0.2) is 30.0 Å². The van der Waals surface area contributed by atoms with Gasteiger partial charge >= 0.3 is 7.60 Å². The van der Waals surface area contributed by atoms with Crippen molar-refractivity contribution in [2.45, 2.75) is 130 Å². The van der Waals surface area contributed by atoms with Crippen LogP contribution in [0.2, 0.25) is 18.1 Å². The highest BCUT2D eigenvalue weighted by molar-refractivity contribution is 7.53. The number of carbonyl (C=O) groups excluding carboxylic acids is 1. The van der Waals surface area contributed by atoms with Crippen molar-refractivity contribution < 1.29 is 22.8 Å².